The second-order valence-corrected chi connectivity index (χ2v) is 6.12. The van der Waals surface area contributed by atoms with Crippen molar-refractivity contribution in [3.63, 3.8) is 0 Å². The highest BCUT2D eigenvalue weighted by Crippen LogP contribution is 2.18. The van der Waals surface area contributed by atoms with E-state index in [1.165, 1.54) is 31.4 Å². The van der Waals surface area contributed by atoms with Gasteiger partial charge >= 0.3 is 0 Å². The van der Waals surface area contributed by atoms with Crippen molar-refractivity contribution in [2.75, 3.05) is 40.4 Å². The molecule has 1 aromatic rings. The highest BCUT2D eigenvalue weighted by atomic mass is 127. The Hall–Kier alpha value is -0.890. The number of guanidine groups is 1. The zero-order chi connectivity index (χ0) is 16.5. The van der Waals surface area contributed by atoms with Gasteiger partial charge in [0.15, 0.2) is 5.96 Å². The Morgan fingerprint density at radius 1 is 1.29 bits per heavy atom. The summed E-state index contributed by atoms with van der Waals surface area (Å²) in [5.41, 5.74) is 1.12. The van der Waals surface area contributed by atoms with Crippen LogP contribution in [0.4, 0.5) is 4.39 Å². The molecule has 1 heterocycles. The average molecular weight is 449 g/mol. The maximum Gasteiger partial charge on any atom is 0.193 e. The minimum Gasteiger partial charge on any atom is -0.381 e. The summed E-state index contributed by atoms with van der Waals surface area (Å²) in [6.07, 6.45) is 4.38. The Morgan fingerprint density at radius 3 is 2.58 bits per heavy atom. The molecule has 1 aliphatic heterocycles. The number of nitrogens with one attached hydrogen (secondary N) is 1. The second-order valence-electron chi connectivity index (χ2n) is 6.12. The predicted octanol–water partition coefficient (Wildman–Crippen LogP) is 3.31. The number of hydrogen-bond donors (Lipinski definition) is 1. The van der Waals surface area contributed by atoms with E-state index in [4.69, 9.17) is 4.74 Å². The molecule has 1 aromatic carbocycles. The normalized spacial score (nSPS) is 15.7. The molecule has 24 heavy (non-hydrogen) atoms. The molecule has 0 unspecified atom stereocenters. The summed E-state index contributed by atoms with van der Waals surface area (Å²) < 4.78 is 18.3. The average Bonchev–Trinajstić information content (AvgIpc) is 2.59. The monoisotopic (exact) mass is 449 g/mol. The summed E-state index contributed by atoms with van der Waals surface area (Å²) in [6.45, 7) is 3.60. The Kier molecular flexibility index (Phi) is 10.2. The number of rotatable bonds is 6. The van der Waals surface area contributed by atoms with Crippen LogP contribution in [-0.4, -0.2) is 51.3 Å². The molecule has 1 fully saturated rings. The van der Waals surface area contributed by atoms with Gasteiger partial charge < -0.3 is 15.0 Å². The van der Waals surface area contributed by atoms with Gasteiger partial charge in [-0.05, 0) is 49.3 Å². The van der Waals surface area contributed by atoms with Crippen molar-refractivity contribution in [1.29, 1.82) is 0 Å². The van der Waals surface area contributed by atoms with Crippen LogP contribution >= 0.6 is 24.0 Å². The van der Waals surface area contributed by atoms with E-state index in [0.29, 0.717) is 0 Å². The van der Waals surface area contributed by atoms with Crippen LogP contribution in [0.3, 0.4) is 0 Å². The first-order chi connectivity index (χ1) is 11.2. The highest BCUT2D eigenvalue weighted by molar-refractivity contribution is 14.0. The minimum atomic E-state index is -0.189. The molecular formula is C18H29FIN3O. The third-order valence-electron chi connectivity index (χ3n) is 4.40. The van der Waals surface area contributed by atoms with Crippen LogP contribution in [0.2, 0.25) is 0 Å². The van der Waals surface area contributed by atoms with Gasteiger partial charge in [-0.2, -0.15) is 0 Å². The van der Waals surface area contributed by atoms with Crippen molar-refractivity contribution < 1.29 is 9.13 Å². The summed E-state index contributed by atoms with van der Waals surface area (Å²) in [5.74, 6) is 1.49. The molecule has 1 aliphatic rings. The molecule has 0 aliphatic carbocycles. The van der Waals surface area contributed by atoms with Crippen molar-refractivity contribution in [3.05, 3.63) is 35.6 Å². The van der Waals surface area contributed by atoms with Crippen molar-refractivity contribution in [1.82, 2.24) is 10.2 Å². The molecule has 0 atom stereocenters. The van der Waals surface area contributed by atoms with E-state index >= 15 is 0 Å². The summed E-state index contributed by atoms with van der Waals surface area (Å²) in [6, 6.07) is 6.66. The van der Waals surface area contributed by atoms with Gasteiger partial charge in [-0.1, -0.05) is 12.1 Å². The first-order valence-electron chi connectivity index (χ1n) is 8.43. The van der Waals surface area contributed by atoms with Gasteiger partial charge in [0.25, 0.3) is 0 Å². The van der Waals surface area contributed by atoms with Gasteiger partial charge in [-0.25, -0.2) is 4.39 Å². The smallest absolute Gasteiger partial charge is 0.193 e. The molecule has 0 amide bonds. The lowest BCUT2D eigenvalue weighted by Crippen LogP contribution is -2.40. The van der Waals surface area contributed by atoms with E-state index in [1.807, 2.05) is 19.2 Å². The maximum absolute atomic E-state index is 12.9. The fourth-order valence-electron chi connectivity index (χ4n) is 2.87. The number of nitrogens with zero attached hydrogens (tertiary/aromatic N) is 2. The van der Waals surface area contributed by atoms with Gasteiger partial charge in [0, 0.05) is 40.4 Å². The van der Waals surface area contributed by atoms with Gasteiger partial charge in [0.05, 0.1) is 0 Å². The van der Waals surface area contributed by atoms with Crippen LogP contribution in [-0.2, 0) is 11.2 Å². The molecule has 0 spiro atoms. The van der Waals surface area contributed by atoms with Crippen molar-refractivity contribution in [2.24, 2.45) is 10.9 Å². The lowest BCUT2D eigenvalue weighted by atomic mass is 9.96. The Morgan fingerprint density at radius 2 is 1.96 bits per heavy atom. The molecule has 4 nitrogen and oxygen atoms in total. The fourth-order valence-corrected chi connectivity index (χ4v) is 2.87. The van der Waals surface area contributed by atoms with E-state index in [2.05, 4.69) is 22.3 Å². The van der Waals surface area contributed by atoms with E-state index < -0.39 is 0 Å². The number of halogens is 2. The molecule has 0 saturated carbocycles. The summed E-state index contributed by atoms with van der Waals surface area (Å²) in [7, 11) is 3.89. The topological polar surface area (TPSA) is 36.9 Å². The van der Waals surface area contributed by atoms with E-state index in [9.17, 15) is 4.39 Å². The van der Waals surface area contributed by atoms with Crippen LogP contribution in [0.15, 0.2) is 29.3 Å². The third kappa shape index (κ3) is 7.34. The molecule has 1 saturated heterocycles. The first-order valence-corrected chi connectivity index (χ1v) is 8.43. The zero-order valence-electron chi connectivity index (χ0n) is 14.6. The zero-order valence-corrected chi connectivity index (χ0v) is 17.0. The number of ether oxygens (including phenoxy) is 1. The second kappa shape index (κ2) is 11.6. The van der Waals surface area contributed by atoms with Crippen LogP contribution < -0.4 is 5.32 Å². The van der Waals surface area contributed by atoms with Crippen molar-refractivity contribution >= 4 is 29.9 Å². The quantitative estimate of drug-likeness (QED) is 0.412. The number of aliphatic imine (C=N–C) groups is 1. The third-order valence-corrected chi connectivity index (χ3v) is 4.40. The largest absolute Gasteiger partial charge is 0.381 e. The van der Waals surface area contributed by atoms with Gasteiger partial charge in [0.1, 0.15) is 5.82 Å². The van der Waals surface area contributed by atoms with E-state index in [0.717, 1.165) is 50.2 Å². The van der Waals surface area contributed by atoms with E-state index in [1.54, 1.807) is 0 Å². The molecule has 0 aromatic heterocycles. The summed E-state index contributed by atoms with van der Waals surface area (Å²) in [5, 5.41) is 3.38. The molecule has 0 bridgehead atoms. The lowest BCUT2D eigenvalue weighted by Gasteiger charge is -2.26. The van der Waals surface area contributed by atoms with Gasteiger partial charge in [0.2, 0.25) is 0 Å². The summed E-state index contributed by atoms with van der Waals surface area (Å²) >= 11 is 0. The Bertz CT molecular complexity index is 490. The Labute approximate surface area is 161 Å². The van der Waals surface area contributed by atoms with Crippen molar-refractivity contribution in [3.8, 4) is 0 Å². The van der Waals surface area contributed by atoms with Gasteiger partial charge in [-0.15, -0.1) is 24.0 Å². The lowest BCUT2D eigenvalue weighted by molar-refractivity contribution is 0.0625. The standard InChI is InChI=1S/C18H28FN3O.HI/c1-20-18(21-11-7-15-3-5-17(19)6-4-15)22(2)12-8-16-9-13-23-14-10-16;/h3-6,16H,7-14H2,1-2H3,(H,20,21);1H. The number of hydrogen-bond acceptors (Lipinski definition) is 2. The fraction of sp³-hybridized carbons (Fsp3) is 0.611. The van der Waals surface area contributed by atoms with Crippen molar-refractivity contribution in [2.45, 2.75) is 25.7 Å². The van der Waals surface area contributed by atoms with Crippen LogP contribution in [0.1, 0.15) is 24.8 Å². The first kappa shape index (κ1) is 21.2. The minimum absolute atomic E-state index is 0. The number of benzene rings is 1. The maximum atomic E-state index is 12.9. The molecular weight excluding hydrogens is 420 g/mol. The Balaban J connectivity index is 0.00000288. The van der Waals surface area contributed by atoms with E-state index in [-0.39, 0.29) is 29.8 Å². The molecule has 136 valence electrons. The predicted molar refractivity (Wildman–Crippen MR) is 108 cm³/mol. The molecule has 6 heteroatoms. The van der Waals surface area contributed by atoms with Crippen LogP contribution in [0.5, 0.6) is 0 Å². The highest BCUT2D eigenvalue weighted by Gasteiger charge is 2.15. The van der Waals surface area contributed by atoms with Crippen LogP contribution in [0, 0.1) is 11.7 Å². The molecule has 1 N–H and O–H groups in total. The van der Waals surface area contributed by atoms with Crippen LogP contribution in [0.25, 0.3) is 0 Å². The summed E-state index contributed by atoms with van der Waals surface area (Å²) in [4.78, 5) is 6.52. The van der Waals surface area contributed by atoms with Gasteiger partial charge in [-0.3, -0.25) is 4.99 Å². The molecule has 0 radical (unpaired) electrons. The molecule has 2 rings (SSSR count). The SMILES string of the molecule is CN=C(NCCc1ccc(F)cc1)N(C)CCC1CCOCC1.I.